The lowest BCUT2D eigenvalue weighted by Gasteiger charge is -2.66. The van der Waals surface area contributed by atoms with Crippen LogP contribution in [0.3, 0.4) is 0 Å². The Morgan fingerprint density at radius 3 is 2.63 bits per heavy atom. The summed E-state index contributed by atoms with van der Waals surface area (Å²) >= 11 is 0. The highest BCUT2D eigenvalue weighted by molar-refractivity contribution is 5.48. The van der Waals surface area contributed by atoms with Crippen molar-refractivity contribution in [3.63, 3.8) is 0 Å². The van der Waals surface area contributed by atoms with Crippen LogP contribution in [-0.2, 0) is 9.78 Å². The molecular weight excluding hydrogens is 372 g/mol. The number of rotatable bonds is 4. The van der Waals surface area contributed by atoms with E-state index in [9.17, 15) is 5.11 Å². The van der Waals surface area contributed by atoms with Gasteiger partial charge in [0.05, 0.1) is 6.10 Å². The van der Waals surface area contributed by atoms with Crippen molar-refractivity contribution < 1.29 is 14.9 Å². The van der Waals surface area contributed by atoms with Gasteiger partial charge >= 0.3 is 0 Å². The minimum absolute atomic E-state index is 0.0687. The molecule has 0 aromatic heterocycles. The number of aliphatic hydroxyl groups excluding tert-OH is 1. The Morgan fingerprint density at radius 2 is 1.93 bits per heavy atom. The molecule has 0 radical (unpaired) electrons. The molecule has 2 spiro atoms. The molecule has 2 saturated carbocycles. The Balaban J connectivity index is 1.50. The zero-order valence-corrected chi connectivity index (χ0v) is 19.5. The first-order chi connectivity index (χ1) is 14.2. The Hall–Kier alpha value is -0.900. The van der Waals surface area contributed by atoms with Crippen LogP contribution >= 0.6 is 0 Å². The van der Waals surface area contributed by atoms with Crippen LogP contribution in [0.5, 0.6) is 0 Å². The van der Waals surface area contributed by atoms with Gasteiger partial charge in [0.2, 0.25) is 0 Å². The number of fused-ring (bicyclic) bond motifs is 2. The van der Waals surface area contributed by atoms with E-state index >= 15 is 0 Å². The summed E-state index contributed by atoms with van der Waals surface area (Å²) in [6.45, 7) is 11.9. The van der Waals surface area contributed by atoms with E-state index < -0.39 is 11.2 Å². The van der Waals surface area contributed by atoms with Gasteiger partial charge in [-0.05, 0) is 73.0 Å². The lowest BCUT2D eigenvalue weighted by molar-refractivity contribution is -0.455. The minimum atomic E-state index is -0.504. The third-order valence-corrected chi connectivity index (χ3v) is 10.1. The van der Waals surface area contributed by atoms with E-state index in [2.05, 4.69) is 65.0 Å². The highest BCUT2D eigenvalue weighted by atomic mass is 17.2. The van der Waals surface area contributed by atoms with Crippen molar-refractivity contribution in [2.75, 3.05) is 0 Å². The van der Waals surface area contributed by atoms with Crippen molar-refractivity contribution in [2.24, 2.45) is 34.5 Å². The molecule has 3 fully saturated rings. The molecule has 2 bridgehead atoms. The van der Waals surface area contributed by atoms with E-state index in [0.29, 0.717) is 30.1 Å². The molecule has 3 nitrogen and oxygen atoms in total. The number of hydrogen-bond acceptors (Lipinski definition) is 3. The summed E-state index contributed by atoms with van der Waals surface area (Å²) in [4.78, 5) is 12.6. The summed E-state index contributed by atoms with van der Waals surface area (Å²) in [6.07, 6.45) is 19.0. The first kappa shape index (κ1) is 21.0. The molecule has 2 heterocycles. The molecule has 2 aliphatic heterocycles. The van der Waals surface area contributed by atoms with Gasteiger partial charge in [0.1, 0.15) is 11.2 Å². The second kappa shape index (κ2) is 6.80. The first-order valence-electron chi connectivity index (χ1n) is 12.4. The van der Waals surface area contributed by atoms with E-state index in [4.69, 9.17) is 9.78 Å². The molecule has 3 heteroatoms. The molecule has 6 aliphatic rings. The predicted molar refractivity (Wildman–Crippen MR) is 120 cm³/mol. The van der Waals surface area contributed by atoms with Crippen LogP contribution in [-0.4, -0.2) is 22.4 Å². The van der Waals surface area contributed by atoms with Crippen LogP contribution < -0.4 is 0 Å². The van der Waals surface area contributed by atoms with Gasteiger partial charge < -0.3 is 5.11 Å². The number of aliphatic hydroxyl groups is 1. The van der Waals surface area contributed by atoms with Crippen molar-refractivity contribution in [3.8, 4) is 0 Å². The van der Waals surface area contributed by atoms with E-state index in [-0.39, 0.29) is 16.9 Å². The fourth-order valence-corrected chi connectivity index (χ4v) is 7.94. The van der Waals surface area contributed by atoms with Crippen molar-refractivity contribution in [1.29, 1.82) is 0 Å². The van der Waals surface area contributed by atoms with Crippen LogP contribution in [0.25, 0.3) is 0 Å². The molecule has 4 aliphatic carbocycles. The fourth-order valence-electron chi connectivity index (χ4n) is 7.94. The zero-order valence-electron chi connectivity index (χ0n) is 19.5. The molecular formula is C27H40O3. The van der Waals surface area contributed by atoms with Gasteiger partial charge in [0.15, 0.2) is 0 Å². The van der Waals surface area contributed by atoms with Gasteiger partial charge in [0, 0.05) is 17.8 Å². The molecule has 1 unspecified atom stereocenters. The van der Waals surface area contributed by atoms with E-state index in [0.717, 1.165) is 19.3 Å². The Labute approximate surface area is 182 Å². The van der Waals surface area contributed by atoms with Crippen LogP contribution in [0, 0.1) is 34.5 Å². The van der Waals surface area contributed by atoms with Gasteiger partial charge in [-0.2, -0.15) is 0 Å². The third-order valence-electron chi connectivity index (χ3n) is 10.1. The second-order valence-electron chi connectivity index (χ2n) is 11.6. The molecule has 0 amide bonds. The molecule has 0 aromatic carbocycles. The molecule has 0 aromatic rings. The number of allylic oxidation sites excluding steroid dienone is 3. The number of hydrogen-bond donors (Lipinski definition) is 1. The first-order valence-corrected chi connectivity index (χ1v) is 12.4. The summed E-state index contributed by atoms with van der Waals surface area (Å²) in [6, 6.07) is 0. The maximum atomic E-state index is 10.4. The minimum Gasteiger partial charge on any atom is -0.393 e. The van der Waals surface area contributed by atoms with Crippen molar-refractivity contribution in [3.05, 3.63) is 36.0 Å². The molecule has 30 heavy (non-hydrogen) atoms. The fraction of sp³-hybridized carbons (Fsp3) is 0.778. The summed E-state index contributed by atoms with van der Waals surface area (Å²) in [5.74, 6) is 2.35. The van der Waals surface area contributed by atoms with Crippen LogP contribution in [0.2, 0.25) is 0 Å². The molecule has 166 valence electrons. The van der Waals surface area contributed by atoms with Crippen molar-refractivity contribution in [2.45, 2.75) is 96.9 Å². The van der Waals surface area contributed by atoms with Gasteiger partial charge in [-0.1, -0.05) is 59.3 Å². The van der Waals surface area contributed by atoms with E-state index in [1.807, 2.05) is 0 Å². The van der Waals surface area contributed by atoms with Crippen LogP contribution in [0.4, 0.5) is 0 Å². The van der Waals surface area contributed by atoms with E-state index in [1.54, 1.807) is 0 Å². The lowest BCUT2D eigenvalue weighted by Crippen LogP contribution is -2.69. The lowest BCUT2D eigenvalue weighted by atomic mass is 9.47. The molecule has 9 atom stereocenters. The summed E-state index contributed by atoms with van der Waals surface area (Å²) in [5.41, 5.74) is 0.678. The standard InChI is InChI=1S/C27H40O3/c1-6-18(2)7-8-19(3)21-9-10-22-24(21,4)13-12-23-25(5)14-11-20(28)17-26(25)15-16-27(22,23)30-29-26/h7-8,12,15-16,18-22,28H,6,9-11,13-14,17H2,1-5H3/b8-7+/t18?,19-,20+,21-,22-,24-,25-,26-,27+/m1/s1. The topological polar surface area (TPSA) is 38.7 Å². The monoisotopic (exact) mass is 412 g/mol. The smallest absolute Gasteiger partial charge is 0.147 e. The zero-order chi connectivity index (χ0) is 21.4. The normalized spacial score (nSPS) is 51.3. The highest BCUT2D eigenvalue weighted by Gasteiger charge is 2.71. The summed E-state index contributed by atoms with van der Waals surface area (Å²) in [7, 11) is 0. The molecule has 1 N–H and O–H groups in total. The van der Waals surface area contributed by atoms with Gasteiger partial charge in [0.25, 0.3) is 0 Å². The Bertz CT molecular complexity index is 798. The highest BCUT2D eigenvalue weighted by Crippen LogP contribution is 2.71. The Morgan fingerprint density at radius 1 is 1.13 bits per heavy atom. The SMILES string of the molecule is CCC(C)/C=C/[C@@H](C)[C@H]1CC[C@@H]2[C@]1(C)CC=C1[C@]23C=C[C@]2(C[C@@H](O)CC[C@]12C)OO3. The quantitative estimate of drug-likeness (QED) is 0.445. The maximum absolute atomic E-state index is 10.4. The van der Waals surface area contributed by atoms with Gasteiger partial charge in [-0.25, -0.2) is 9.78 Å². The van der Waals surface area contributed by atoms with Gasteiger partial charge in [-0.3, -0.25) is 0 Å². The van der Waals surface area contributed by atoms with Crippen molar-refractivity contribution >= 4 is 0 Å². The average Bonchev–Trinajstić information content (AvgIpc) is 3.09. The third kappa shape index (κ3) is 2.55. The summed E-state index contributed by atoms with van der Waals surface area (Å²) < 4.78 is 0. The second-order valence-corrected chi connectivity index (χ2v) is 11.6. The Kier molecular flexibility index (Phi) is 4.75. The van der Waals surface area contributed by atoms with Crippen LogP contribution in [0.15, 0.2) is 36.0 Å². The molecule has 1 saturated heterocycles. The van der Waals surface area contributed by atoms with Crippen molar-refractivity contribution in [1.82, 2.24) is 0 Å². The van der Waals surface area contributed by atoms with Gasteiger partial charge in [-0.15, -0.1) is 0 Å². The van der Waals surface area contributed by atoms with Crippen LogP contribution in [0.1, 0.15) is 79.6 Å². The largest absolute Gasteiger partial charge is 0.393 e. The maximum Gasteiger partial charge on any atom is 0.147 e. The average molecular weight is 413 g/mol. The predicted octanol–water partition coefficient (Wildman–Crippen LogP) is 6.15. The van der Waals surface area contributed by atoms with E-state index in [1.165, 1.54) is 24.8 Å². The molecule has 6 rings (SSSR count). The summed E-state index contributed by atoms with van der Waals surface area (Å²) in [5, 5.41) is 10.4.